The Morgan fingerprint density at radius 1 is 0.968 bits per heavy atom. The first-order chi connectivity index (χ1) is 15.2. The van der Waals surface area contributed by atoms with Gasteiger partial charge in [0.05, 0.1) is 22.5 Å². The van der Waals surface area contributed by atoms with Gasteiger partial charge in [-0.05, 0) is 35.7 Å². The molecular weight excluding hydrogens is 390 g/mol. The van der Waals surface area contributed by atoms with Gasteiger partial charge >= 0.3 is 5.97 Å². The minimum absolute atomic E-state index is 0.172. The van der Waals surface area contributed by atoms with E-state index in [1.807, 2.05) is 48.5 Å². The van der Waals surface area contributed by atoms with Crippen LogP contribution >= 0.6 is 0 Å². The van der Waals surface area contributed by atoms with Crippen LogP contribution < -0.4 is 5.56 Å². The number of hydrogen-bond acceptors (Lipinski definition) is 5. The third kappa shape index (κ3) is 4.36. The number of rotatable bonds is 6. The quantitative estimate of drug-likeness (QED) is 0.451. The average Bonchev–Trinajstić information content (AvgIpc) is 2.81. The Kier molecular flexibility index (Phi) is 5.86. The Morgan fingerprint density at radius 3 is 2.48 bits per heavy atom. The highest BCUT2D eigenvalue weighted by Gasteiger charge is 2.16. The van der Waals surface area contributed by atoms with Gasteiger partial charge in [-0.2, -0.15) is 5.26 Å². The molecule has 31 heavy (non-hydrogen) atoms. The van der Waals surface area contributed by atoms with E-state index in [2.05, 4.69) is 4.98 Å². The number of hydrogen-bond donors (Lipinski definition) is 0. The van der Waals surface area contributed by atoms with Gasteiger partial charge in [-0.1, -0.05) is 60.7 Å². The summed E-state index contributed by atoms with van der Waals surface area (Å²) in [5.41, 5.74) is 2.56. The smallest absolute Gasteiger partial charge is 0.338 e. The lowest BCUT2D eigenvalue weighted by Gasteiger charge is -2.13. The number of esters is 1. The van der Waals surface area contributed by atoms with Gasteiger partial charge in [-0.15, -0.1) is 0 Å². The molecule has 3 aromatic carbocycles. The summed E-state index contributed by atoms with van der Waals surface area (Å²) >= 11 is 0. The lowest BCUT2D eigenvalue weighted by molar-refractivity contribution is 0.0456. The molecule has 0 unspecified atom stereocenters. The van der Waals surface area contributed by atoms with E-state index >= 15 is 0 Å². The van der Waals surface area contributed by atoms with Crippen molar-refractivity contribution in [1.29, 1.82) is 5.26 Å². The van der Waals surface area contributed by atoms with Crippen molar-refractivity contribution >= 4 is 16.9 Å². The molecule has 0 saturated carbocycles. The Bertz CT molecular complexity index is 1340. The predicted octanol–water partition coefficient (Wildman–Crippen LogP) is 3.87. The summed E-state index contributed by atoms with van der Waals surface area (Å²) in [4.78, 5) is 30.0. The lowest BCUT2D eigenvalue weighted by atomic mass is 10.00. The van der Waals surface area contributed by atoms with Crippen molar-refractivity contribution in [3.8, 4) is 6.07 Å². The van der Waals surface area contributed by atoms with Gasteiger partial charge in [-0.25, -0.2) is 9.78 Å². The molecule has 0 bridgehead atoms. The summed E-state index contributed by atoms with van der Waals surface area (Å²) in [6.45, 7) is -0.381. The number of fused-ring (bicyclic) bond motifs is 1. The molecule has 4 rings (SSSR count). The first-order valence-corrected chi connectivity index (χ1v) is 9.81. The Labute approximate surface area is 179 Å². The van der Waals surface area contributed by atoms with Crippen LogP contribution in [-0.2, 0) is 24.3 Å². The normalized spacial score (nSPS) is 10.5. The summed E-state index contributed by atoms with van der Waals surface area (Å²) in [5, 5.41) is 9.54. The molecule has 0 amide bonds. The van der Waals surface area contributed by atoms with Crippen LogP contribution in [0, 0.1) is 11.3 Å². The van der Waals surface area contributed by atoms with Gasteiger partial charge in [0.1, 0.15) is 13.2 Å². The number of aromatic nitrogens is 2. The zero-order chi connectivity index (χ0) is 21.6. The lowest BCUT2D eigenvalue weighted by Crippen LogP contribution is -2.26. The van der Waals surface area contributed by atoms with Gasteiger partial charge in [0.15, 0.2) is 5.82 Å². The van der Waals surface area contributed by atoms with Crippen molar-refractivity contribution in [2.45, 2.75) is 19.6 Å². The zero-order valence-electron chi connectivity index (χ0n) is 16.7. The molecule has 0 radical (unpaired) electrons. The van der Waals surface area contributed by atoms with E-state index in [0.29, 0.717) is 22.9 Å². The second-order valence-electron chi connectivity index (χ2n) is 6.99. The third-order valence-electron chi connectivity index (χ3n) is 4.98. The highest BCUT2D eigenvalue weighted by molar-refractivity contribution is 5.91. The molecule has 0 N–H and O–H groups in total. The highest BCUT2D eigenvalue weighted by atomic mass is 16.5. The van der Waals surface area contributed by atoms with Gasteiger partial charge in [-0.3, -0.25) is 9.36 Å². The van der Waals surface area contributed by atoms with Crippen LogP contribution in [0.4, 0.5) is 0 Å². The summed E-state index contributed by atoms with van der Waals surface area (Å²) < 4.78 is 6.75. The minimum atomic E-state index is -0.502. The van der Waals surface area contributed by atoms with E-state index in [1.165, 1.54) is 4.57 Å². The second kappa shape index (κ2) is 9.06. The predicted molar refractivity (Wildman–Crippen MR) is 116 cm³/mol. The van der Waals surface area contributed by atoms with E-state index in [0.717, 1.165) is 11.1 Å². The van der Waals surface area contributed by atoms with Crippen molar-refractivity contribution in [3.63, 3.8) is 0 Å². The summed E-state index contributed by atoms with van der Waals surface area (Å²) in [5.74, 6) is -0.267. The first kappa shape index (κ1) is 20.0. The zero-order valence-corrected chi connectivity index (χ0v) is 16.7. The molecule has 0 atom stereocenters. The molecule has 6 heteroatoms. The van der Waals surface area contributed by atoms with Crippen LogP contribution in [0.5, 0.6) is 0 Å². The average molecular weight is 409 g/mol. The number of para-hydroxylation sites is 1. The summed E-state index contributed by atoms with van der Waals surface area (Å²) in [6.07, 6.45) is 0.597. The van der Waals surface area contributed by atoms with Gasteiger partial charge in [0, 0.05) is 0 Å². The van der Waals surface area contributed by atoms with E-state index in [4.69, 9.17) is 10.00 Å². The molecule has 0 saturated heterocycles. The molecule has 4 aromatic rings. The third-order valence-corrected chi connectivity index (χ3v) is 4.98. The van der Waals surface area contributed by atoms with Crippen molar-refractivity contribution < 1.29 is 9.53 Å². The standard InChI is InChI=1S/C25H19N3O3/c26-14-15-28-23(27-22-13-7-6-12-21(22)24(28)29)17-31-25(30)20-11-5-4-10-19(20)16-18-8-2-1-3-9-18/h1-13H,15-17H2. The first-order valence-electron chi connectivity index (χ1n) is 9.81. The molecule has 0 aliphatic rings. The molecule has 0 fully saturated rings. The molecule has 6 nitrogen and oxygen atoms in total. The number of ether oxygens (including phenoxy) is 1. The van der Waals surface area contributed by atoms with Crippen LogP contribution in [0.1, 0.15) is 27.3 Å². The molecular formula is C25H19N3O3. The SMILES string of the molecule is N#CCn1c(COC(=O)c2ccccc2Cc2ccccc2)nc2ccccc2c1=O. The van der Waals surface area contributed by atoms with Crippen molar-refractivity contribution in [2.75, 3.05) is 0 Å². The number of carbonyl (C=O) groups excluding carboxylic acids is 1. The topological polar surface area (TPSA) is 85.0 Å². The summed E-state index contributed by atoms with van der Waals surface area (Å²) in [6, 6.07) is 26.0. The summed E-state index contributed by atoms with van der Waals surface area (Å²) in [7, 11) is 0. The largest absolute Gasteiger partial charge is 0.454 e. The molecule has 1 heterocycles. The number of nitrogens with zero attached hydrogens (tertiary/aromatic N) is 3. The molecule has 0 spiro atoms. The van der Waals surface area contributed by atoms with Gasteiger partial charge < -0.3 is 4.74 Å². The Hall–Kier alpha value is -4.24. The Morgan fingerprint density at radius 2 is 1.68 bits per heavy atom. The fourth-order valence-corrected chi connectivity index (χ4v) is 3.46. The number of benzene rings is 3. The highest BCUT2D eigenvalue weighted by Crippen LogP contribution is 2.16. The molecule has 0 aliphatic heterocycles. The maximum absolute atomic E-state index is 12.8. The van der Waals surface area contributed by atoms with Gasteiger partial charge in [0.2, 0.25) is 0 Å². The molecule has 152 valence electrons. The molecule has 1 aromatic heterocycles. The van der Waals surface area contributed by atoms with Crippen molar-refractivity contribution in [3.05, 3.63) is 112 Å². The van der Waals surface area contributed by atoms with Crippen LogP contribution in [0.25, 0.3) is 10.9 Å². The molecule has 0 aliphatic carbocycles. The van der Waals surface area contributed by atoms with Gasteiger partial charge in [0.25, 0.3) is 5.56 Å². The fourth-order valence-electron chi connectivity index (χ4n) is 3.46. The van der Waals surface area contributed by atoms with Crippen molar-refractivity contribution in [1.82, 2.24) is 9.55 Å². The fraction of sp³-hybridized carbons (Fsp3) is 0.120. The van der Waals surface area contributed by atoms with Crippen LogP contribution in [0.3, 0.4) is 0 Å². The van der Waals surface area contributed by atoms with E-state index in [1.54, 1.807) is 36.4 Å². The van der Waals surface area contributed by atoms with Crippen LogP contribution in [0.2, 0.25) is 0 Å². The monoisotopic (exact) mass is 409 g/mol. The number of nitriles is 1. The van der Waals surface area contributed by atoms with E-state index in [9.17, 15) is 9.59 Å². The van der Waals surface area contributed by atoms with Crippen LogP contribution in [-0.4, -0.2) is 15.5 Å². The maximum atomic E-state index is 12.8. The number of carbonyl (C=O) groups is 1. The van der Waals surface area contributed by atoms with Crippen LogP contribution in [0.15, 0.2) is 83.7 Å². The van der Waals surface area contributed by atoms with E-state index < -0.39 is 5.97 Å². The van der Waals surface area contributed by atoms with E-state index in [-0.39, 0.29) is 24.5 Å². The van der Waals surface area contributed by atoms with Crippen molar-refractivity contribution in [2.24, 2.45) is 0 Å². The second-order valence-corrected chi connectivity index (χ2v) is 6.99. The Balaban J connectivity index is 1.60. The minimum Gasteiger partial charge on any atom is -0.454 e. The maximum Gasteiger partial charge on any atom is 0.338 e.